The van der Waals surface area contributed by atoms with Crippen LogP contribution in [0.15, 0.2) is 54.6 Å². The molecule has 142 valence electrons. The van der Waals surface area contributed by atoms with Crippen molar-refractivity contribution in [3.63, 3.8) is 0 Å². The summed E-state index contributed by atoms with van der Waals surface area (Å²) < 4.78 is 5.77. The van der Waals surface area contributed by atoms with Crippen LogP contribution in [0.5, 0.6) is 5.75 Å². The van der Waals surface area contributed by atoms with Crippen molar-refractivity contribution in [1.82, 2.24) is 10.2 Å². The van der Waals surface area contributed by atoms with Crippen molar-refractivity contribution in [2.75, 3.05) is 25.0 Å². The molecule has 0 aliphatic carbocycles. The first-order chi connectivity index (χ1) is 13.2. The van der Waals surface area contributed by atoms with Gasteiger partial charge in [0.25, 0.3) is 0 Å². The maximum Gasteiger partial charge on any atom is 0.322 e. The summed E-state index contributed by atoms with van der Waals surface area (Å²) in [6.07, 6.45) is 0.208. The number of ether oxygens (including phenoxy) is 1. The van der Waals surface area contributed by atoms with E-state index in [0.717, 1.165) is 5.56 Å². The van der Waals surface area contributed by atoms with E-state index in [1.165, 1.54) is 4.90 Å². The molecule has 1 heterocycles. The van der Waals surface area contributed by atoms with Gasteiger partial charge in [0, 0.05) is 31.5 Å². The van der Waals surface area contributed by atoms with E-state index in [1.54, 1.807) is 18.2 Å². The van der Waals surface area contributed by atoms with E-state index in [-0.39, 0.29) is 25.0 Å². The second kappa shape index (κ2) is 9.05. The first-order valence-corrected chi connectivity index (χ1v) is 8.90. The summed E-state index contributed by atoms with van der Waals surface area (Å²) in [7, 11) is 0. The van der Waals surface area contributed by atoms with E-state index in [2.05, 4.69) is 10.6 Å². The number of anilines is 1. The minimum atomic E-state index is -0.665. The summed E-state index contributed by atoms with van der Waals surface area (Å²) in [5, 5.41) is 14.7. The fourth-order valence-electron chi connectivity index (χ4n) is 2.97. The van der Waals surface area contributed by atoms with Crippen molar-refractivity contribution >= 4 is 17.6 Å². The van der Waals surface area contributed by atoms with Crippen LogP contribution in [-0.4, -0.2) is 47.7 Å². The molecule has 0 saturated carbocycles. The Bertz CT molecular complexity index is 782. The number of benzene rings is 2. The number of nitrogens with zero attached hydrogens (tertiary/aromatic N) is 1. The molecule has 2 aromatic rings. The van der Waals surface area contributed by atoms with Crippen LogP contribution < -0.4 is 15.4 Å². The van der Waals surface area contributed by atoms with Gasteiger partial charge in [0.15, 0.2) is 0 Å². The highest BCUT2D eigenvalue weighted by Crippen LogP contribution is 2.20. The molecule has 0 aromatic heterocycles. The lowest BCUT2D eigenvalue weighted by atomic mass is 10.1. The molecular weight excluding hydrogens is 346 g/mol. The van der Waals surface area contributed by atoms with Gasteiger partial charge in [-0.1, -0.05) is 36.4 Å². The minimum absolute atomic E-state index is 0.162. The number of hydrogen-bond acceptors (Lipinski definition) is 4. The monoisotopic (exact) mass is 369 g/mol. The quantitative estimate of drug-likeness (QED) is 0.726. The molecule has 3 N–H and O–H groups in total. The molecule has 0 bridgehead atoms. The Hall–Kier alpha value is -3.06. The molecule has 1 aliphatic heterocycles. The van der Waals surface area contributed by atoms with Crippen LogP contribution in [-0.2, 0) is 11.4 Å². The molecule has 1 fully saturated rings. The van der Waals surface area contributed by atoms with Crippen molar-refractivity contribution in [3.05, 3.63) is 60.2 Å². The predicted molar refractivity (Wildman–Crippen MR) is 101 cm³/mol. The second-order valence-corrected chi connectivity index (χ2v) is 6.24. The van der Waals surface area contributed by atoms with E-state index in [1.807, 2.05) is 36.4 Å². The Labute approximate surface area is 157 Å². The van der Waals surface area contributed by atoms with Crippen molar-refractivity contribution in [2.45, 2.75) is 19.1 Å². The van der Waals surface area contributed by atoms with E-state index in [9.17, 15) is 9.59 Å². The first-order valence-electron chi connectivity index (χ1n) is 8.90. The molecule has 2 aromatic carbocycles. The van der Waals surface area contributed by atoms with Crippen LogP contribution in [0.2, 0.25) is 0 Å². The average molecular weight is 369 g/mol. The van der Waals surface area contributed by atoms with Crippen LogP contribution in [0.25, 0.3) is 0 Å². The highest BCUT2D eigenvalue weighted by Gasteiger charge is 2.32. The highest BCUT2D eigenvalue weighted by molar-refractivity contribution is 5.94. The zero-order valence-electron chi connectivity index (χ0n) is 14.9. The van der Waals surface area contributed by atoms with Gasteiger partial charge in [-0.15, -0.1) is 0 Å². The summed E-state index contributed by atoms with van der Waals surface area (Å²) in [4.78, 5) is 26.0. The summed E-state index contributed by atoms with van der Waals surface area (Å²) in [5.74, 6) is 0.394. The minimum Gasteiger partial charge on any atom is -0.489 e. The fraction of sp³-hybridized carbons (Fsp3) is 0.300. The molecule has 3 rings (SSSR count). The number of carbonyl (C=O) groups excluding carboxylic acids is 2. The molecule has 0 radical (unpaired) electrons. The van der Waals surface area contributed by atoms with Crippen molar-refractivity contribution in [2.24, 2.45) is 0 Å². The van der Waals surface area contributed by atoms with Crippen LogP contribution >= 0.6 is 0 Å². The summed E-state index contributed by atoms with van der Waals surface area (Å²) >= 11 is 0. The Kier molecular flexibility index (Phi) is 6.27. The van der Waals surface area contributed by atoms with E-state index in [0.29, 0.717) is 31.1 Å². The number of nitrogens with one attached hydrogen (secondary N) is 2. The van der Waals surface area contributed by atoms with Gasteiger partial charge in [-0.2, -0.15) is 0 Å². The maximum absolute atomic E-state index is 12.6. The van der Waals surface area contributed by atoms with Crippen LogP contribution in [0.1, 0.15) is 12.0 Å². The smallest absolute Gasteiger partial charge is 0.322 e. The first kappa shape index (κ1) is 18.7. The standard InChI is InChI=1S/C20H23N3O4/c24-12-9-18-19(25)21-10-11-23(18)20(26)22-16-7-4-8-17(13-16)27-14-15-5-2-1-3-6-15/h1-8,13,18,24H,9-12,14H2,(H,21,25)(H,22,26)/t18-/m1/s1. The molecule has 7 heteroatoms. The number of aliphatic hydroxyl groups excluding tert-OH is 1. The average Bonchev–Trinajstić information content (AvgIpc) is 2.69. The fourth-order valence-corrected chi connectivity index (χ4v) is 2.97. The van der Waals surface area contributed by atoms with Gasteiger partial charge < -0.3 is 25.4 Å². The predicted octanol–water partition coefficient (Wildman–Crippen LogP) is 1.98. The molecule has 0 unspecified atom stereocenters. The van der Waals surface area contributed by atoms with Crippen LogP contribution in [0.4, 0.5) is 10.5 Å². The number of aliphatic hydroxyl groups is 1. The number of rotatable bonds is 6. The molecule has 1 saturated heterocycles. The van der Waals surface area contributed by atoms with Crippen molar-refractivity contribution in [1.29, 1.82) is 0 Å². The lowest BCUT2D eigenvalue weighted by molar-refractivity contribution is -0.128. The second-order valence-electron chi connectivity index (χ2n) is 6.24. The Morgan fingerprint density at radius 3 is 2.81 bits per heavy atom. The maximum atomic E-state index is 12.6. The number of urea groups is 1. The van der Waals surface area contributed by atoms with Gasteiger partial charge in [0.05, 0.1) is 0 Å². The van der Waals surface area contributed by atoms with Gasteiger partial charge in [0.2, 0.25) is 5.91 Å². The SMILES string of the molecule is O=C1NCCN(C(=O)Nc2cccc(OCc3ccccc3)c2)[C@@H]1CCO. The van der Waals surface area contributed by atoms with E-state index in [4.69, 9.17) is 9.84 Å². The number of amides is 3. The Morgan fingerprint density at radius 1 is 1.22 bits per heavy atom. The van der Waals surface area contributed by atoms with E-state index >= 15 is 0 Å². The number of piperazine rings is 1. The molecular formula is C20H23N3O4. The third-order valence-electron chi connectivity index (χ3n) is 4.33. The zero-order chi connectivity index (χ0) is 19.1. The Balaban J connectivity index is 1.62. The third-order valence-corrected chi connectivity index (χ3v) is 4.33. The van der Waals surface area contributed by atoms with Gasteiger partial charge in [-0.25, -0.2) is 4.79 Å². The zero-order valence-corrected chi connectivity index (χ0v) is 14.9. The molecule has 1 aliphatic rings. The molecule has 0 spiro atoms. The van der Waals surface area contributed by atoms with Crippen LogP contribution in [0.3, 0.4) is 0 Å². The molecule has 27 heavy (non-hydrogen) atoms. The number of hydrogen-bond donors (Lipinski definition) is 3. The lowest BCUT2D eigenvalue weighted by Crippen LogP contribution is -2.58. The van der Waals surface area contributed by atoms with Crippen molar-refractivity contribution < 1.29 is 19.4 Å². The van der Waals surface area contributed by atoms with Gasteiger partial charge in [0.1, 0.15) is 18.4 Å². The van der Waals surface area contributed by atoms with Gasteiger partial charge in [-0.3, -0.25) is 4.79 Å². The molecule has 1 atom stereocenters. The normalized spacial score (nSPS) is 16.6. The van der Waals surface area contributed by atoms with Gasteiger partial charge >= 0.3 is 6.03 Å². The largest absolute Gasteiger partial charge is 0.489 e. The topological polar surface area (TPSA) is 90.9 Å². The summed E-state index contributed by atoms with van der Waals surface area (Å²) in [5.41, 5.74) is 1.64. The Morgan fingerprint density at radius 2 is 2.04 bits per heavy atom. The van der Waals surface area contributed by atoms with Crippen molar-refractivity contribution in [3.8, 4) is 5.75 Å². The van der Waals surface area contributed by atoms with Crippen LogP contribution in [0, 0.1) is 0 Å². The summed E-state index contributed by atoms with van der Waals surface area (Å²) in [6.45, 7) is 1.06. The highest BCUT2D eigenvalue weighted by atomic mass is 16.5. The number of carbonyl (C=O) groups is 2. The molecule has 7 nitrogen and oxygen atoms in total. The summed E-state index contributed by atoms with van der Waals surface area (Å²) in [6, 6.07) is 15.9. The van der Waals surface area contributed by atoms with E-state index < -0.39 is 6.04 Å². The van der Waals surface area contributed by atoms with Gasteiger partial charge in [-0.05, 0) is 24.1 Å². The lowest BCUT2D eigenvalue weighted by Gasteiger charge is -2.34. The third kappa shape index (κ3) is 4.98. The molecule has 3 amide bonds.